The lowest BCUT2D eigenvalue weighted by Gasteiger charge is -2.35. The molecule has 0 saturated carbocycles. The number of methoxy groups -OCH3 is 1. The van der Waals surface area contributed by atoms with Gasteiger partial charge in [0, 0.05) is 25.2 Å². The highest BCUT2D eigenvalue weighted by Crippen LogP contribution is 2.26. The number of hydrogen-bond donors (Lipinski definition) is 1. The Kier molecular flexibility index (Phi) is 7.43. The molecule has 6 nitrogen and oxygen atoms in total. The summed E-state index contributed by atoms with van der Waals surface area (Å²) in [6.45, 7) is 3.49. The standard InChI is InChI=1S/C26H33N3O3/c1-32-23-13-9-21(10-14-23)24(28-15-3-2-4-16-28)19-27-25(30)18-20-7-11-22(12-8-20)29-17-5-6-26(29)31/h7-14,24H,2-6,15-19H2,1H3,(H,27,30). The Hall–Kier alpha value is -2.86. The van der Waals surface area contributed by atoms with Crippen molar-refractivity contribution in [1.29, 1.82) is 0 Å². The van der Waals surface area contributed by atoms with E-state index in [1.165, 1.54) is 24.8 Å². The third kappa shape index (κ3) is 5.49. The third-order valence-electron chi connectivity index (χ3n) is 6.51. The van der Waals surface area contributed by atoms with E-state index in [-0.39, 0.29) is 17.9 Å². The molecule has 2 saturated heterocycles. The van der Waals surface area contributed by atoms with Gasteiger partial charge in [0.1, 0.15) is 5.75 Å². The van der Waals surface area contributed by atoms with Gasteiger partial charge in [-0.2, -0.15) is 0 Å². The first-order valence-corrected chi connectivity index (χ1v) is 11.7. The second kappa shape index (κ2) is 10.6. The molecule has 2 fully saturated rings. The van der Waals surface area contributed by atoms with Gasteiger partial charge in [-0.3, -0.25) is 14.5 Å². The largest absolute Gasteiger partial charge is 0.497 e. The second-order valence-electron chi connectivity index (χ2n) is 8.68. The number of amides is 2. The molecule has 170 valence electrons. The molecule has 2 aliphatic rings. The fourth-order valence-electron chi connectivity index (χ4n) is 4.69. The summed E-state index contributed by atoms with van der Waals surface area (Å²) in [4.78, 5) is 28.9. The topological polar surface area (TPSA) is 61.9 Å². The lowest BCUT2D eigenvalue weighted by Crippen LogP contribution is -2.41. The first kappa shape index (κ1) is 22.3. The van der Waals surface area contributed by atoms with Crippen LogP contribution in [0.2, 0.25) is 0 Å². The zero-order chi connectivity index (χ0) is 22.3. The van der Waals surface area contributed by atoms with Crippen molar-refractivity contribution in [3.05, 3.63) is 59.7 Å². The highest BCUT2D eigenvalue weighted by atomic mass is 16.5. The summed E-state index contributed by atoms with van der Waals surface area (Å²) in [6, 6.07) is 16.1. The maximum Gasteiger partial charge on any atom is 0.227 e. The van der Waals surface area contributed by atoms with Crippen LogP contribution < -0.4 is 15.0 Å². The van der Waals surface area contributed by atoms with Crippen molar-refractivity contribution in [1.82, 2.24) is 10.2 Å². The van der Waals surface area contributed by atoms with E-state index in [2.05, 4.69) is 22.3 Å². The molecule has 1 atom stereocenters. The van der Waals surface area contributed by atoms with E-state index in [0.29, 0.717) is 19.4 Å². The molecule has 32 heavy (non-hydrogen) atoms. The molecule has 6 heteroatoms. The van der Waals surface area contributed by atoms with Gasteiger partial charge >= 0.3 is 0 Å². The van der Waals surface area contributed by atoms with Crippen LogP contribution in [0.25, 0.3) is 0 Å². The molecule has 2 amide bonds. The van der Waals surface area contributed by atoms with Crippen LogP contribution in [0.5, 0.6) is 5.75 Å². The number of ether oxygens (including phenoxy) is 1. The Morgan fingerprint density at radius 2 is 1.69 bits per heavy atom. The number of benzene rings is 2. The van der Waals surface area contributed by atoms with Gasteiger partial charge in [-0.15, -0.1) is 0 Å². The summed E-state index contributed by atoms with van der Waals surface area (Å²) < 4.78 is 5.30. The number of rotatable bonds is 8. The van der Waals surface area contributed by atoms with E-state index < -0.39 is 0 Å². The van der Waals surface area contributed by atoms with E-state index in [9.17, 15) is 9.59 Å². The van der Waals surface area contributed by atoms with Gasteiger partial charge in [-0.1, -0.05) is 30.7 Å². The first-order chi connectivity index (χ1) is 15.6. The SMILES string of the molecule is COc1ccc(C(CNC(=O)Cc2ccc(N3CCCC3=O)cc2)N2CCCCC2)cc1. The van der Waals surface area contributed by atoms with Crippen LogP contribution in [-0.4, -0.2) is 50.0 Å². The number of carbonyl (C=O) groups is 2. The van der Waals surface area contributed by atoms with Crippen LogP contribution in [0.1, 0.15) is 49.3 Å². The fourth-order valence-corrected chi connectivity index (χ4v) is 4.69. The smallest absolute Gasteiger partial charge is 0.227 e. The number of nitrogens with one attached hydrogen (secondary N) is 1. The van der Waals surface area contributed by atoms with E-state index in [1.54, 1.807) is 7.11 Å². The molecule has 1 unspecified atom stereocenters. The first-order valence-electron chi connectivity index (χ1n) is 11.7. The minimum atomic E-state index is 0.0190. The van der Waals surface area contributed by atoms with Crippen LogP contribution in [-0.2, 0) is 16.0 Å². The highest BCUT2D eigenvalue weighted by molar-refractivity contribution is 5.95. The zero-order valence-corrected chi connectivity index (χ0v) is 18.9. The average Bonchev–Trinajstić information content (AvgIpc) is 3.26. The van der Waals surface area contributed by atoms with E-state index in [0.717, 1.165) is 43.1 Å². The maximum atomic E-state index is 12.7. The van der Waals surface area contributed by atoms with Crippen LogP contribution in [0, 0.1) is 0 Å². The summed E-state index contributed by atoms with van der Waals surface area (Å²) in [5.74, 6) is 1.04. The number of piperidine rings is 1. The number of hydrogen-bond acceptors (Lipinski definition) is 4. The Morgan fingerprint density at radius 1 is 0.969 bits per heavy atom. The van der Waals surface area contributed by atoms with Crippen molar-refractivity contribution in [2.24, 2.45) is 0 Å². The predicted molar refractivity (Wildman–Crippen MR) is 126 cm³/mol. The molecule has 2 aromatic carbocycles. The molecule has 0 spiro atoms. The minimum Gasteiger partial charge on any atom is -0.497 e. The number of nitrogens with zero attached hydrogens (tertiary/aromatic N) is 2. The highest BCUT2D eigenvalue weighted by Gasteiger charge is 2.24. The Labute approximate surface area is 190 Å². The summed E-state index contributed by atoms with van der Waals surface area (Å²) in [7, 11) is 1.67. The molecular formula is C26H33N3O3. The van der Waals surface area contributed by atoms with Crippen LogP contribution >= 0.6 is 0 Å². The minimum absolute atomic E-state index is 0.0190. The molecule has 2 aromatic rings. The third-order valence-corrected chi connectivity index (χ3v) is 6.51. The van der Waals surface area contributed by atoms with Gasteiger partial charge in [0.05, 0.1) is 19.6 Å². The lowest BCUT2D eigenvalue weighted by molar-refractivity contribution is -0.120. The zero-order valence-electron chi connectivity index (χ0n) is 18.9. The number of likely N-dealkylation sites (tertiary alicyclic amines) is 1. The van der Waals surface area contributed by atoms with E-state index in [4.69, 9.17) is 4.74 Å². The fraction of sp³-hybridized carbons (Fsp3) is 0.462. The van der Waals surface area contributed by atoms with Gasteiger partial charge in [-0.05, 0) is 67.7 Å². The Balaban J connectivity index is 1.36. The van der Waals surface area contributed by atoms with Crippen molar-refractivity contribution in [2.45, 2.75) is 44.6 Å². The van der Waals surface area contributed by atoms with Crippen LogP contribution in [0.3, 0.4) is 0 Å². The van der Waals surface area contributed by atoms with Crippen LogP contribution in [0.15, 0.2) is 48.5 Å². The van der Waals surface area contributed by atoms with Gasteiger partial charge < -0.3 is 15.0 Å². The van der Waals surface area contributed by atoms with Crippen molar-refractivity contribution >= 4 is 17.5 Å². The Bertz CT molecular complexity index is 905. The molecular weight excluding hydrogens is 402 g/mol. The van der Waals surface area contributed by atoms with Crippen molar-refractivity contribution in [2.75, 3.05) is 38.2 Å². The molecule has 0 aromatic heterocycles. The maximum absolute atomic E-state index is 12.7. The quantitative estimate of drug-likeness (QED) is 0.687. The molecule has 2 aliphatic heterocycles. The van der Waals surface area contributed by atoms with Gasteiger partial charge in [-0.25, -0.2) is 0 Å². The van der Waals surface area contributed by atoms with Gasteiger partial charge in [0.25, 0.3) is 0 Å². The van der Waals surface area contributed by atoms with Gasteiger partial charge in [0.2, 0.25) is 11.8 Å². The van der Waals surface area contributed by atoms with Gasteiger partial charge in [0.15, 0.2) is 0 Å². The molecule has 0 radical (unpaired) electrons. The van der Waals surface area contributed by atoms with Crippen molar-refractivity contribution in [3.8, 4) is 5.75 Å². The molecule has 2 heterocycles. The summed E-state index contributed by atoms with van der Waals surface area (Å²) in [6.07, 6.45) is 5.55. The number of carbonyl (C=O) groups excluding carboxylic acids is 2. The van der Waals surface area contributed by atoms with Crippen LogP contribution in [0.4, 0.5) is 5.69 Å². The summed E-state index contributed by atoms with van der Waals surface area (Å²) in [5.41, 5.74) is 3.07. The molecule has 0 bridgehead atoms. The van der Waals surface area contributed by atoms with Crippen molar-refractivity contribution < 1.29 is 14.3 Å². The van der Waals surface area contributed by atoms with E-state index in [1.807, 2.05) is 41.3 Å². The molecule has 1 N–H and O–H groups in total. The summed E-state index contributed by atoms with van der Waals surface area (Å²) >= 11 is 0. The lowest BCUT2D eigenvalue weighted by atomic mass is 10.0. The summed E-state index contributed by atoms with van der Waals surface area (Å²) in [5, 5.41) is 3.16. The Morgan fingerprint density at radius 3 is 2.31 bits per heavy atom. The normalized spacial score (nSPS) is 17.9. The second-order valence-corrected chi connectivity index (χ2v) is 8.68. The van der Waals surface area contributed by atoms with E-state index >= 15 is 0 Å². The monoisotopic (exact) mass is 435 g/mol. The molecule has 0 aliphatic carbocycles. The molecule has 4 rings (SSSR count). The average molecular weight is 436 g/mol. The van der Waals surface area contributed by atoms with Crippen molar-refractivity contribution in [3.63, 3.8) is 0 Å². The predicted octanol–water partition coefficient (Wildman–Crippen LogP) is 3.71. The number of anilines is 1.